The Morgan fingerprint density at radius 2 is 1.24 bits per heavy atom. The largest absolute Gasteiger partial charge is 0.455 e. The molecule has 7 aromatic carbocycles. The van der Waals surface area contributed by atoms with E-state index in [0.717, 1.165) is 61.3 Å². The molecule has 0 fully saturated rings. The van der Waals surface area contributed by atoms with E-state index in [2.05, 4.69) is 175 Å². The number of aromatic nitrogens is 1. The van der Waals surface area contributed by atoms with Crippen molar-refractivity contribution in [2.75, 3.05) is 4.90 Å². The van der Waals surface area contributed by atoms with Crippen molar-refractivity contribution >= 4 is 49.8 Å². The average Bonchev–Trinajstić information content (AvgIpc) is 3.69. The Labute approximate surface area is 297 Å². The molecular formula is C48H34N2O. The van der Waals surface area contributed by atoms with Gasteiger partial charge in [-0.1, -0.05) is 117 Å². The maximum absolute atomic E-state index is 6.78. The molecule has 9 aromatic rings. The zero-order valence-corrected chi connectivity index (χ0v) is 28.5. The number of anilines is 3. The Balaban J connectivity index is 1.13. The lowest BCUT2D eigenvalue weighted by Gasteiger charge is -2.28. The van der Waals surface area contributed by atoms with Gasteiger partial charge < -0.3 is 9.32 Å². The molecule has 0 amide bonds. The molecule has 3 nitrogen and oxygen atoms in total. The van der Waals surface area contributed by atoms with Gasteiger partial charge in [0, 0.05) is 56.8 Å². The summed E-state index contributed by atoms with van der Waals surface area (Å²) in [5.74, 6) is 0. The van der Waals surface area contributed by atoms with Gasteiger partial charge in [0.05, 0.1) is 0 Å². The lowest BCUT2D eigenvalue weighted by molar-refractivity contribution is 0.660. The number of benzene rings is 7. The van der Waals surface area contributed by atoms with Crippen molar-refractivity contribution in [2.45, 2.75) is 19.3 Å². The number of rotatable bonds is 5. The summed E-state index contributed by atoms with van der Waals surface area (Å²) in [4.78, 5) is 6.79. The van der Waals surface area contributed by atoms with E-state index < -0.39 is 0 Å². The van der Waals surface area contributed by atoms with Crippen LogP contribution in [0.4, 0.5) is 17.1 Å². The maximum Gasteiger partial charge on any atom is 0.143 e. The van der Waals surface area contributed by atoms with Crippen molar-refractivity contribution in [3.8, 4) is 33.4 Å². The second kappa shape index (κ2) is 11.3. The maximum atomic E-state index is 6.78. The molecule has 10 rings (SSSR count). The first kappa shape index (κ1) is 29.5. The summed E-state index contributed by atoms with van der Waals surface area (Å²) in [5, 5.41) is 4.61. The van der Waals surface area contributed by atoms with Gasteiger partial charge in [0.2, 0.25) is 0 Å². The molecule has 1 aliphatic carbocycles. The summed E-state index contributed by atoms with van der Waals surface area (Å²) in [7, 11) is 0. The van der Waals surface area contributed by atoms with E-state index in [0.29, 0.717) is 0 Å². The lowest BCUT2D eigenvalue weighted by atomic mass is 9.82. The summed E-state index contributed by atoms with van der Waals surface area (Å²) in [6.07, 6.45) is 3.75. The van der Waals surface area contributed by atoms with E-state index in [1.807, 2.05) is 18.5 Å². The van der Waals surface area contributed by atoms with Gasteiger partial charge in [-0.2, -0.15) is 0 Å². The second-order valence-corrected chi connectivity index (χ2v) is 14.0. The summed E-state index contributed by atoms with van der Waals surface area (Å²) in [6.45, 7) is 4.68. The molecule has 3 heteroatoms. The van der Waals surface area contributed by atoms with Gasteiger partial charge in [0.25, 0.3) is 0 Å². The number of nitrogens with zero attached hydrogens (tertiary/aromatic N) is 2. The van der Waals surface area contributed by atoms with Crippen molar-refractivity contribution in [3.05, 3.63) is 181 Å². The van der Waals surface area contributed by atoms with Gasteiger partial charge in [-0.15, -0.1) is 0 Å². The molecule has 0 atom stereocenters. The molecule has 0 saturated carbocycles. The van der Waals surface area contributed by atoms with Crippen molar-refractivity contribution in [2.24, 2.45) is 0 Å². The number of fused-ring (bicyclic) bond motifs is 8. The van der Waals surface area contributed by atoms with Crippen LogP contribution in [0, 0.1) is 0 Å². The molecule has 0 bridgehead atoms. The van der Waals surface area contributed by atoms with E-state index in [1.165, 1.54) is 33.0 Å². The summed E-state index contributed by atoms with van der Waals surface area (Å²) >= 11 is 0. The van der Waals surface area contributed by atoms with Crippen LogP contribution in [0.5, 0.6) is 0 Å². The minimum Gasteiger partial charge on any atom is -0.455 e. The third-order valence-electron chi connectivity index (χ3n) is 10.7. The number of furan rings is 1. The standard InChI is InChI=1S/C48H34N2O/c1-48(2)42-19-9-8-17-39(42)40-26-25-36(29-43(40)48)50(34-14-4-3-5-15-34)35-23-21-31(22-24-35)41-28-32-12-6-7-16-37(32)46-45-38(33-13-11-27-49-30-33)18-10-20-44(45)51-47(41)46/h3-30H,1-2H3. The van der Waals surface area contributed by atoms with Crippen LogP contribution in [0.25, 0.3) is 66.1 Å². The molecule has 242 valence electrons. The smallest absolute Gasteiger partial charge is 0.143 e. The summed E-state index contributed by atoms with van der Waals surface area (Å²) in [5.41, 5.74) is 14.8. The molecule has 0 aliphatic heterocycles. The topological polar surface area (TPSA) is 29.3 Å². The molecular weight excluding hydrogens is 621 g/mol. The fraction of sp³-hybridized carbons (Fsp3) is 0.0625. The first-order chi connectivity index (χ1) is 25.1. The number of hydrogen-bond donors (Lipinski definition) is 0. The molecule has 1 aliphatic rings. The highest BCUT2D eigenvalue weighted by Gasteiger charge is 2.35. The fourth-order valence-corrected chi connectivity index (χ4v) is 8.29. The number of para-hydroxylation sites is 1. The van der Waals surface area contributed by atoms with Crippen molar-refractivity contribution in [3.63, 3.8) is 0 Å². The van der Waals surface area contributed by atoms with Crippen LogP contribution in [0.3, 0.4) is 0 Å². The predicted molar refractivity (Wildman–Crippen MR) is 212 cm³/mol. The minimum atomic E-state index is -0.0842. The third kappa shape index (κ3) is 4.55. The van der Waals surface area contributed by atoms with Gasteiger partial charge >= 0.3 is 0 Å². The van der Waals surface area contributed by atoms with Crippen molar-refractivity contribution in [1.29, 1.82) is 0 Å². The van der Waals surface area contributed by atoms with Gasteiger partial charge in [-0.05, 0) is 98.8 Å². The highest BCUT2D eigenvalue weighted by Crippen LogP contribution is 2.51. The van der Waals surface area contributed by atoms with E-state index >= 15 is 0 Å². The van der Waals surface area contributed by atoms with Crippen LogP contribution >= 0.6 is 0 Å². The van der Waals surface area contributed by atoms with Gasteiger partial charge in [-0.3, -0.25) is 4.98 Å². The quantitative estimate of drug-likeness (QED) is 0.185. The first-order valence-electron chi connectivity index (χ1n) is 17.5. The van der Waals surface area contributed by atoms with E-state index in [-0.39, 0.29) is 5.41 Å². The van der Waals surface area contributed by atoms with Crippen LogP contribution in [0.15, 0.2) is 175 Å². The first-order valence-corrected chi connectivity index (χ1v) is 17.5. The second-order valence-electron chi connectivity index (χ2n) is 14.0. The van der Waals surface area contributed by atoms with Crippen LogP contribution in [-0.4, -0.2) is 4.98 Å². The molecule has 0 radical (unpaired) electrons. The predicted octanol–water partition coefficient (Wildman–Crippen LogP) is 13.2. The zero-order valence-electron chi connectivity index (χ0n) is 28.5. The third-order valence-corrected chi connectivity index (χ3v) is 10.7. The SMILES string of the molecule is CC1(C)c2ccccc2-c2ccc(N(c3ccccc3)c3ccc(-c4cc5ccccc5c5c4oc4cccc(-c6cccnc6)c45)cc3)cc21. The lowest BCUT2D eigenvalue weighted by Crippen LogP contribution is -2.16. The number of pyridine rings is 1. The van der Waals surface area contributed by atoms with Crippen LogP contribution in [0.2, 0.25) is 0 Å². The molecule has 2 heterocycles. The molecule has 0 spiro atoms. The Morgan fingerprint density at radius 3 is 2.08 bits per heavy atom. The molecule has 51 heavy (non-hydrogen) atoms. The molecule has 0 unspecified atom stereocenters. The average molecular weight is 655 g/mol. The Bertz CT molecular complexity index is 2760. The van der Waals surface area contributed by atoms with Crippen LogP contribution in [0.1, 0.15) is 25.0 Å². The minimum absolute atomic E-state index is 0.0842. The van der Waals surface area contributed by atoms with Gasteiger partial charge in [0.1, 0.15) is 11.2 Å². The monoisotopic (exact) mass is 654 g/mol. The number of hydrogen-bond acceptors (Lipinski definition) is 3. The van der Waals surface area contributed by atoms with Gasteiger partial charge in [0.15, 0.2) is 0 Å². The van der Waals surface area contributed by atoms with E-state index in [9.17, 15) is 0 Å². The highest BCUT2D eigenvalue weighted by molar-refractivity contribution is 6.25. The van der Waals surface area contributed by atoms with E-state index in [4.69, 9.17) is 4.42 Å². The Kier molecular flexibility index (Phi) is 6.53. The van der Waals surface area contributed by atoms with Gasteiger partial charge in [-0.25, -0.2) is 0 Å². The van der Waals surface area contributed by atoms with Crippen LogP contribution in [-0.2, 0) is 5.41 Å². The molecule has 2 aromatic heterocycles. The zero-order chi connectivity index (χ0) is 34.1. The highest BCUT2D eigenvalue weighted by atomic mass is 16.3. The summed E-state index contributed by atoms with van der Waals surface area (Å²) in [6, 6.07) is 56.7. The fourth-order valence-electron chi connectivity index (χ4n) is 8.29. The van der Waals surface area contributed by atoms with Crippen molar-refractivity contribution in [1.82, 2.24) is 4.98 Å². The normalized spacial score (nSPS) is 13.1. The van der Waals surface area contributed by atoms with Crippen molar-refractivity contribution < 1.29 is 4.42 Å². The van der Waals surface area contributed by atoms with E-state index in [1.54, 1.807) is 0 Å². The van der Waals surface area contributed by atoms with Crippen LogP contribution < -0.4 is 4.90 Å². The molecule has 0 N–H and O–H groups in total. The Hall–Kier alpha value is -6.45. The summed E-state index contributed by atoms with van der Waals surface area (Å²) < 4.78 is 6.78. The molecule has 0 saturated heterocycles. The Morgan fingerprint density at radius 1 is 0.510 bits per heavy atom.